The molecule has 22 heavy (non-hydrogen) atoms. The Labute approximate surface area is 131 Å². The smallest absolute Gasteiger partial charge is 0.228 e. The molecule has 1 aromatic rings. The molecule has 116 valence electrons. The average molecular weight is 297 g/mol. The van der Waals surface area contributed by atoms with Crippen molar-refractivity contribution in [1.29, 1.82) is 0 Å². The van der Waals surface area contributed by atoms with Crippen molar-refractivity contribution >= 4 is 18.4 Å². The van der Waals surface area contributed by atoms with Crippen molar-refractivity contribution in [2.75, 3.05) is 13.1 Å². The summed E-state index contributed by atoms with van der Waals surface area (Å²) in [5.74, 6) is 2.39. The van der Waals surface area contributed by atoms with Crippen molar-refractivity contribution in [2.45, 2.75) is 38.1 Å². The van der Waals surface area contributed by atoms with E-state index in [4.69, 9.17) is 4.74 Å². The van der Waals surface area contributed by atoms with E-state index >= 15 is 0 Å². The first-order chi connectivity index (χ1) is 10.8. The van der Waals surface area contributed by atoms with E-state index < -0.39 is 0 Å². The van der Waals surface area contributed by atoms with Crippen LogP contribution in [0.5, 0.6) is 0 Å². The van der Waals surface area contributed by atoms with Crippen molar-refractivity contribution in [3.8, 4) is 0 Å². The van der Waals surface area contributed by atoms with E-state index in [1.54, 1.807) is 0 Å². The Morgan fingerprint density at radius 3 is 3.00 bits per heavy atom. The third kappa shape index (κ3) is 2.52. The molecule has 0 radical (unpaired) electrons. The summed E-state index contributed by atoms with van der Waals surface area (Å²) in [6, 6.07) is 8.71. The van der Waals surface area contributed by atoms with Gasteiger partial charge in [-0.3, -0.25) is 4.90 Å². The summed E-state index contributed by atoms with van der Waals surface area (Å²) in [6.07, 6.45) is 6.82. The van der Waals surface area contributed by atoms with Crippen LogP contribution in [0.15, 0.2) is 29.4 Å². The predicted octanol–water partition coefficient (Wildman–Crippen LogP) is 1.36. The second-order valence-corrected chi connectivity index (χ2v) is 6.58. The molecular weight excluding hydrogens is 274 g/mol. The minimum absolute atomic E-state index is 0.709. The summed E-state index contributed by atoms with van der Waals surface area (Å²) >= 11 is 0. The van der Waals surface area contributed by atoms with E-state index in [-0.39, 0.29) is 0 Å². The fraction of sp³-hybridized carbons (Fsp3) is 0.500. The monoisotopic (exact) mass is 297 g/mol. The lowest BCUT2D eigenvalue weighted by Crippen LogP contribution is -2.45. The molecule has 1 saturated carbocycles. The molecule has 1 aromatic carbocycles. The van der Waals surface area contributed by atoms with Gasteiger partial charge in [0.05, 0.1) is 6.54 Å². The van der Waals surface area contributed by atoms with Crippen LogP contribution in [-0.4, -0.2) is 29.9 Å². The van der Waals surface area contributed by atoms with E-state index in [1.165, 1.54) is 38.6 Å². The van der Waals surface area contributed by atoms with Gasteiger partial charge in [-0.15, -0.1) is 5.10 Å². The van der Waals surface area contributed by atoms with Crippen LogP contribution < -0.4 is 15.9 Å². The Morgan fingerprint density at radius 1 is 1.23 bits per heavy atom. The molecule has 1 aliphatic carbocycles. The highest BCUT2D eigenvalue weighted by molar-refractivity contribution is 5.84. The molecule has 2 unspecified atom stereocenters. The molecular formula is C18H23N3O. The summed E-state index contributed by atoms with van der Waals surface area (Å²) in [7, 11) is 0. The van der Waals surface area contributed by atoms with E-state index in [1.807, 2.05) is 24.3 Å². The zero-order valence-corrected chi connectivity index (χ0v) is 12.9. The number of fused-ring (bicyclic) bond motifs is 1. The van der Waals surface area contributed by atoms with Gasteiger partial charge in [-0.25, -0.2) is 5.43 Å². The molecule has 0 amide bonds. The quantitative estimate of drug-likeness (QED) is 0.895. The van der Waals surface area contributed by atoms with Crippen molar-refractivity contribution < 1.29 is 4.74 Å². The molecule has 2 heterocycles. The molecule has 0 bridgehead atoms. The van der Waals surface area contributed by atoms with Gasteiger partial charge >= 0.3 is 0 Å². The Bertz CT molecular complexity index is 697. The van der Waals surface area contributed by atoms with Gasteiger partial charge in [-0.05, 0) is 49.4 Å². The molecule has 0 spiro atoms. The number of rotatable bonds is 2. The number of hydrazone groups is 1. The van der Waals surface area contributed by atoms with Gasteiger partial charge in [0.1, 0.15) is 0 Å². The zero-order valence-electron chi connectivity index (χ0n) is 12.9. The number of nitrogens with one attached hydrogen (secondary N) is 1. The molecule has 4 rings (SSSR count). The minimum Gasteiger partial charge on any atom is -0.422 e. The molecule has 2 fully saturated rings. The van der Waals surface area contributed by atoms with Crippen LogP contribution in [0.2, 0.25) is 0 Å². The molecule has 4 nitrogen and oxygen atoms in total. The largest absolute Gasteiger partial charge is 0.422 e. The lowest BCUT2D eigenvalue weighted by molar-refractivity contribution is 0.127. The Hall–Kier alpha value is -1.81. The van der Waals surface area contributed by atoms with Gasteiger partial charge in [0.25, 0.3) is 0 Å². The third-order valence-electron chi connectivity index (χ3n) is 5.21. The average Bonchev–Trinajstić information content (AvgIpc) is 3.17. The maximum absolute atomic E-state index is 5.95. The SMILES string of the molecule is C=c1ccccc1=C1NN=C(CN2CCCC3CCCC32)O1. The second kappa shape index (κ2) is 5.76. The van der Waals surface area contributed by atoms with Crippen LogP contribution in [0.3, 0.4) is 0 Å². The van der Waals surface area contributed by atoms with Crippen molar-refractivity contribution in [3.05, 3.63) is 34.7 Å². The number of nitrogens with zero attached hydrogens (tertiary/aromatic N) is 2. The summed E-state index contributed by atoms with van der Waals surface area (Å²) in [6.45, 7) is 6.04. The number of likely N-dealkylation sites (tertiary alicyclic amines) is 1. The lowest BCUT2D eigenvalue weighted by Gasteiger charge is -2.37. The maximum atomic E-state index is 5.95. The highest BCUT2D eigenvalue weighted by atomic mass is 16.5. The van der Waals surface area contributed by atoms with E-state index in [2.05, 4.69) is 22.0 Å². The standard InChI is InChI=1S/C18H23N3O/c1-13-6-2-3-9-15(13)18-20-19-17(22-18)12-21-11-5-8-14-7-4-10-16(14)21/h2-3,6,9,14,16,20H,1,4-5,7-8,10-12H2. The van der Waals surface area contributed by atoms with Crippen LogP contribution in [0.25, 0.3) is 12.5 Å². The number of benzene rings is 1. The Morgan fingerprint density at radius 2 is 2.09 bits per heavy atom. The van der Waals surface area contributed by atoms with Crippen LogP contribution in [0, 0.1) is 5.92 Å². The molecule has 2 aliphatic heterocycles. The van der Waals surface area contributed by atoms with E-state index in [0.717, 1.165) is 34.8 Å². The Balaban J connectivity index is 1.48. The number of hydrogen-bond donors (Lipinski definition) is 1. The normalized spacial score (nSPS) is 30.5. The summed E-state index contributed by atoms with van der Waals surface area (Å²) in [5, 5.41) is 6.32. The van der Waals surface area contributed by atoms with Crippen LogP contribution in [0.1, 0.15) is 32.1 Å². The first-order valence-corrected chi connectivity index (χ1v) is 8.34. The zero-order chi connectivity index (χ0) is 14.9. The Kier molecular flexibility index (Phi) is 3.62. The fourth-order valence-electron chi connectivity index (χ4n) is 4.13. The predicted molar refractivity (Wildman–Crippen MR) is 88.2 cm³/mol. The van der Waals surface area contributed by atoms with Gasteiger partial charge in [0, 0.05) is 11.3 Å². The van der Waals surface area contributed by atoms with Crippen molar-refractivity contribution in [2.24, 2.45) is 11.0 Å². The van der Waals surface area contributed by atoms with E-state index in [9.17, 15) is 0 Å². The topological polar surface area (TPSA) is 36.9 Å². The number of ether oxygens (including phenoxy) is 1. The van der Waals surface area contributed by atoms with Gasteiger partial charge in [0.15, 0.2) is 0 Å². The molecule has 1 N–H and O–H groups in total. The van der Waals surface area contributed by atoms with Gasteiger partial charge in [-0.1, -0.05) is 31.2 Å². The van der Waals surface area contributed by atoms with Gasteiger partial charge < -0.3 is 4.74 Å². The lowest BCUT2D eigenvalue weighted by atomic mass is 9.92. The first kappa shape index (κ1) is 13.8. The highest BCUT2D eigenvalue weighted by Crippen LogP contribution is 2.36. The maximum Gasteiger partial charge on any atom is 0.228 e. The summed E-state index contributed by atoms with van der Waals surface area (Å²) < 4.78 is 5.95. The number of hydrogen-bond acceptors (Lipinski definition) is 4. The van der Waals surface area contributed by atoms with Gasteiger partial charge in [0.2, 0.25) is 11.8 Å². The van der Waals surface area contributed by atoms with Gasteiger partial charge in [-0.2, -0.15) is 0 Å². The second-order valence-electron chi connectivity index (χ2n) is 6.58. The van der Waals surface area contributed by atoms with Crippen molar-refractivity contribution in [3.63, 3.8) is 0 Å². The van der Waals surface area contributed by atoms with Crippen molar-refractivity contribution in [1.82, 2.24) is 10.3 Å². The highest BCUT2D eigenvalue weighted by Gasteiger charge is 2.36. The minimum atomic E-state index is 0.709. The van der Waals surface area contributed by atoms with Crippen LogP contribution in [0.4, 0.5) is 0 Å². The molecule has 0 aromatic heterocycles. The van der Waals surface area contributed by atoms with Crippen LogP contribution in [-0.2, 0) is 4.74 Å². The summed E-state index contributed by atoms with van der Waals surface area (Å²) in [5.41, 5.74) is 3.03. The molecule has 3 aliphatic rings. The molecule has 2 atom stereocenters. The summed E-state index contributed by atoms with van der Waals surface area (Å²) in [4.78, 5) is 2.57. The fourth-order valence-corrected chi connectivity index (χ4v) is 4.13. The third-order valence-corrected chi connectivity index (χ3v) is 5.21. The molecule has 1 saturated heterocycles. The number of piperidine rings is 1. The van der Waals surface area contributed by atoms with E-state index in [0.29, 0.717) is 5.88 Å². The van der Waals surface area contributed by atoms with Crippen LogP contribution >= 0.6 is 0 Å². The molecule has 4 heteroatoms. The first-order valence-electron chi connectivity index (χ1n) is 8.34.